The fraction of sp³-hybridized carbons (Fsp3) is 0.158. The maximum Gasteiger partial charge on any atom is 0.331 e. The van der Waals surface area contributed by atoms with Gasteiger partial charge in [-0.3, -0.25) is 4.79 Å². The number of esters is 1. The summed E-state index contributed by atoms with van der Waals surface area (Å²) in [6, 6.07) is 14.8. The second-order valence-electron chi connectivity index (χ2n) is 5.25. The number of rotatable bonds is 6. The molecule has 0 spiro atoms. The largest absolute Gasteiger partial charge is 0.452 e. The summed E-state index contributed by atoms with van der Waals surface area (Å²) in [5.74, 6) is -0.917. The predicted octanol–water partition coefficient (Wildman–Crippen LogP) is 3.52. The average Bonchev–Trinajstić information content (AvgIpc) is 2.59. The number of carbonyl (C=O) groups excluding carboxylic acids is 2. The Hall–Kier alpha value is -2.59. The minimum absolute atomic E-state index is 0.315. The molecule has 2 aromatic carbocycles. The van der Waals surface area contributed by atoms with Crippen molar-refractivity contribution < 1.29 is 14.3 Å². The topological polar surface area (TPSA) is 55.4 Å². The fourth-order valence-corrected chi connectivity index (χ4v) is 2.01. The number of nitrogens with one attached hydrogen (secondary N) is 1. The molecule has 0 heterocycles. The quantitative estimate of drug-likeness (QED) is 0.645. The van der Waals surface area contributed by atoms with Crippen LogP contribution >= 0.6 is 11.6 Å². The van der Waals surface area contributed by atoms with E-state index in [9.17, 15) is 9.59 Å². The van der Waals surface area contributed by atoms with Gasteiger partial charge >= 0.3 is 5.97 Å². The van der Waals surface area contributed by atoms with E-state index in [1.54, 1.807) is 18.2 Å². The minimum atomic E-state index is -0.558. The molecule has 24 heavy (non-hydrogen) atoms. The van der Waals surface area contributed by atoms with Crippen molar-refractivity contribution in [1.29, 1.82) is 0 Å². The van der Waals surface area contributed by atoms with Gasteiger partial charge in [-0.15, -0.1) is 0 Å². The summed E-state index contributed by atoms with van der Waals surface area (Å²) in [7, 11) is 0. The second-order valence-corrected chi connectivity index (χ2v) is 5.69. The monoisotopic (exact) mass is 343 g/mol. The summed E-state index contributed by atoms with van der Waals surface area (Å²) in [5, 5.41) is 3.31. The van der Waals surface area contributed by atoms with Crippen LogP contribution in [0.4, 0.5) is 0 Å². The molecule has 1 amide bonds. The number of hydrogen-bond donors (Lipinski definition) is 1. The van der Waals surface area contributed by atoms with Crippen LogP contribution in [0.1, 0.15) is 16.7 Å². The van der Waals surface area contributed by atoms with E-state index in [2.05, 4.69) is 5.32 Å². The molecule has 0 unspecified atom stereocenters. The van der Waals surface area contributed by atoms with Gasteiger partial charge in [0.2, 0.25) is 0 Å². The molecule has 0 radical (unpaired) electrons. The summed E-state index contributed by atoms with van der Waals surface area (Å²) >= 11 is 5.79. The SMILES string of the molecule is Cc1ccc(/C=C/C(=O)OCC(=O)NCc2ccc(Cl)cc2)cc1. The van der Waals surface area contributed by atoms with Crippen LogP contribution in [0.5, 0.6) is 0 Å². The molecule has 0 aromatic heterocycles. The lowest BCUT2D eigenvalue weighted by molar-refractivity contribution is -0.143. The van der Waals surface area contributed by atoms with Crippen molar-refractivity contribution in [2.45, 2.75) is 13.5 Å². The fourth-order valence-electron chi connectivity index (χ4n) is 1.88. The molecule has 0 aliphatic heterocycles. The normalized spacial score (nSPS) is 10.6. The highest BCUT2D eigenvalue weighted by Gasteiger charge is 2.05. The number of amides is 1. The lowest BCUT2D eigenvalue weighted by Crippen LogP contribution is -2.28. The Kier molecular flexibility index (Phi) is 6.58. The van der Waals surface area contributed by atoms with Crippen molar-refractivity contribution in [2.24, 2.45) is 0 Å². The lowest BCUT2D eigenvalue weighted by atomic mass is 10.1. The van der Waals surface area contributed by atoms with E-state index in [-0.39, 0.29) is 12.5 Å². The number of halogens is 1. The molecule has 0 saturated carbocycles. The van der Waals surface area contributed by atoms with Crippen LogP contribution in [-0.2, 0) is 20.9 Å². The van der Waals surface area contributed by atoms with E-state index in [1.807, 2.05) is 43.3 Å². The number of benzene rings is 2. The van der Waals surface area contributed by atoms with Gasteiger partial charge in [-0.2, -0.15) is 0 Å². The highest BCUT2D eigenvalue weighted by atomic mass is 35.5. The summed E-state index contributed by atoms with van der Waals surface area (Å²) in [6.07, 6.45) is 2.95. The zero-order chi connectivity index (χ0) is 17.4. The molecular formula is C19H18ClNO3. The van der Waals surface area contributed by atoms with Gasteiger partial charge < -0.3 is 10.1 Å². The molecular weight excluding hydrogens is 326 g/mol. The van der Waals surface area contributed by atoms with Crippen LogP contribution in [0.3, 0.4) is 0 Å². The number of aryl methyl sites for hydroxylation is 1. The molecule has 0 bridgehead atoms. The van der Waals surface area contributed by atoms with Crippen LogP contribution in [0.2, 0.25) is 5.02 Å². The van der Waals surface area contributed by atoms with Crippen LogP contribution in [0, 0.1) is 6.92 Å². The van der Waals surface area contributed by atoms with Crippen LogP contribution in [0.15, 0.2) is 54.6 Å². The summed E-state index contributed by atoms with van der Waals surface area (Å²) in [4.78, 5) is 23.3. The van der Waals surface area contributed by atoms with Gasteiger partial charge in [0.05, 0.1) is 0 Å². The Bertz CT molecular complexity index is 721. The molecule has 0 atom stereocenters. The second kappa shape index (κ2) is 8.89. The van der Waals surface area contributed by atoms with Gasteiger partial charge in [0.25, 0.3) is 5.91 Å². The predicted molar refractivity (Wildman–Crippen MR) is 94.5 cm³/mol. The number of carbonyl (C=O) groups is 2. The zero-order valence-electron chi connectivity index (χ0n) is 13.3. The number of ether oxygens (including phenoxy) is 1. The third kappa shape index (κ3) is 6.26. The minimum Gasteiger partial charge on any atom is -0.452 e. The van der Waals surface area contributed by atoms with Crippen molar-refractivity contribution in [1.82, 2.24) is 5.32 Å². The standard InChI is InChI=1S/C19H18ClNO3/c1-14-2-4-15(5-3-14)8-11-19(23)24-13-18(22)21-12-16-6-9-17(20)10-7-16/h2-11H,12-13H2,1H3,(H,21,22)/b11-8+. The zero-order valence-corrected chi connectivity index (χ0v) is 14.0. The Morgan fingerprint density at radius 1 is 1.08 bits per heavy atom. The Morgan fingerprint density at radius 2 is 1.75 bits per heavy atom. The molecule has 1 N–H and O–H groups in total. The van der Waals surface area contributed by atoms with Crippen LogP contribution < -0.4 is 5.32 Å². The van der Waals surface area contributed by atoms with Crippen molar-refractivity contribution >= 4 is 29.6 Å². The first-order valence-electron chi connectivity index (χ1n) is 7.45. The van der Waals surface area contributed by atoms with Crippen molar-refractivity contribution in [3.63, 3.8) is 0 Å². The van der Waals surface area contributed by atoms with E-state index < -0.39 is 5.97 Å². The van der Waals surface area contributed by atoms with Crippen LogP contribution in [0.25, 0.3) is 6.08 Å². The summed E-state index contributed by atoms with van der Waals surface area (Å²) in [6.45, 7) is 2.03. The molecule has 0 saturated heterocycles. The summed E-state index contributed by atoms with van der Waals surface area (Å²) < 4.78 is 4.90. The van der Waals surface area contributed by atoms with Crippen molar-refractivity contribution in [3.05, 3.63) is 76.3 Å². The molecule has 4 nitrogen and oxygen atoms in total. The molecule has 5 heteroatoms. The molecule has 0 aliphatic rings. The van der Waals surface area contributed by atoms with E-state index in [1.165, 1.54) is 6.08 Å². The van der Waals surface area contributed by atoms with Gasteiger partial charge in [-0.25, -0.2) is 4.79 Å². The Labute approximate surface area is 146 Å². The number of hydrogen-bond acceptors (Lipinski definition) is 3. The maximum absolute atomic E-state index is 11.7. The highest BCUT2D eigenvalue weighted by Crippen LogP contribution is 2.09. The smallest absolute Gasteiger partial charge is 0.331 e. The van der Waals surface area contributed by atoms with Gasteiger partial charge in [0.15, 0.2) is 6.61 Å². The molecule has 2 rings (SSSR count). The molecule has 0 aliphatic carbocycles. The van der Waals surface area contributed by atoms with E-state index in [0.29, 0.717) is 11.6 Å². The van der Waals surface area contributed by atoms with Gasteiger partial charge in [0, 0.05) is 17.6 Å². The van der Waals surface area contributed by atoms with Gasteiger partial charge in [0.1, 0.15) is 0 Å². The summed E-state index contributed by atoms with van der Waals surface area (Å²) in [5.41, 5.74) is 2.95. The van der Waals surface area contributed by atoms with Crippen molar-refractivity contribution in [2.75, 3.05) is 6.61 Å². The molecule has 124 valence electrons. The Balaban J connectivity index is 1.71. The third-order valence-electron chi connectivity index (χ3n) is 3.24. The first kappa shape index (κ1) is 17.8. The Morgan fingerprint density at radius 3 is 2.42 bits per heavy atom. The van der Waals surface area contributed by atoms with Gasteiger partial charge in [-0.1, -0.05) is 53.6 Å². The highest BCUT2D eigenvalue weighted by molar-refractivity contribution is 6.30. The molecule has 0 fully saturated rings. The third-order valence-corrected chi connectivity index (χ3v) is 3.49. The maximum atomic E-state index is 11.7. The van der Waals surface area contributed by atoms with Crippen LogP contribution in [-0.4, -0.2) is 18.5 Å². The van der Waals surface area contributed by atoms with E-state index in [0.717, 1.165) is 16.7 Å². The van der Waals surface area contributed by atoms with E-state index >= 15 is 0 Å². The van der Waals surface area contributed by atoms with E-state index in [4.69, 9.17) is 16.3 Å². The first-order chi connectivity index (χ1) is 11.5. The molecule has 2 aromatic rings. The van der Waals surface area contributed by atoms with Gasteiger partial charge in [-0.05, 0) is 36.3 Å². The lowest BCUT2D eigenvalue weighted by Gasteiger charge is -2.05. The van der Waals surface area contributed by atoms with Crippen molar-refractivity contribution in [3.8, 4) is 0 Å². The average molecular weight is 344 g/mol. The first-order valence-corrected chi connectivity index (χ1v) is 7.83.